The minimum atomic E-state index is -0.872. The van der Waals surface area contributed by atoms with Crippen LogP contribution in [-0.2, 0) is 9.53 Å². The Labute approximate surface area is 65.8 Å². The number of carboxylic acid groups (broad SMARTS) is 1. The lowest BCUT2D eigenvalue weighted by Crippen LogP contribution is -2.48. The molecule has 1 fully saturated rings. The second kappa shape index (κ2) is 3.19. The molecule has 0 amide bonds. The molecule has 0 radical (unpaired) electrons. The van der Waals surface area contributed by atoms with Gasteiger partial charge in [-0.2, -0.15) is 0 Å². The quantitative estimate of drug-likeness (QED) is 0.575. The van der Waals surface area contributed by atoms with E-state index in [1.807, 2.05) is 18.9 Å². The Morgan fingerprint density at radius 2 is 2.36 bits per heavy atom. The molecule has 2 atom stereocenters. The van der Waals surface area contributed by atoms with Gasteiger partial charge in [0.1, 0.15) is 0 Å². The van der Waals surface area contributed by atoms with Crippen molar-refractivity contribution in [2.75, 3.05) is 20.2 Å². The maximum atomic E-state index is 10.5. The number of nitrogens with zero attached hydrogens (tertiary/aromatic N) is 1. The van der Waals surface area contributed by atoms with E-state index in [4.69, 9.17) is 9.84 Å². The first-order valence-corrected chi connectivity index (χ1v) is 3.66. The number of rotatable bonds is 1. The second-order valence-electron chi connectivity index (χ2n) is 2.95. The number of aliphatic carboxylic acids is 1. The summed E-state index contributed by atoms with van der Waals surface area (Å²) in [5.74, 6) is -0.872. The van der Waals surface area contributed by atoms with E-state index in [0.717, 1.165) is 0 Å². The van der Waals surface area contributed by atoms with Gasteiger partial charge >= 0.3 is 5.97 Å². The Bertz CT molecular complexity index is 160. The molecule has 1 aliphatic rings. The van der Waals surface area contributed by atoms with Crippen molar-refractivity contribution in [3.63, 3.8) is 0 Å². The number of likely N-dealkylation sites (N-methyl/N-ethyl adjacent to an activating group) is 1. The van der Waals surface area contributed by atoms with Crippen LogP contribution >= 0.6 is 0 Å². The van der Waals surface area contributed by atoms with Crippen molar-refractivity contribution in [2.45, 2.75) is 19.1 Å². The summed E-state index contributed by atoms with van der Waals surface area (Å²) in [7, 11) is 1.91. The van der Waals surface area contributed by atoms with E-state index in [9.17, 15) is 4.79 Å². The third kappa shape index (κ3) is 1.91. The molecule has 0 aromatic heterocycles. The molecule has 11 heavy (non-hydrogen) atoms. The van der Waals surface area contributed by atoms with Crippen LogP contribution in [0.25, 0.3) is 0 Å². The van der Waals surface area contributed by atoms with Crippen molar-refractivity contribution in [1.29, 1.82) is 0 Å². The Hall–Kier alpha value is -0.610. The van der Waals surface area contributed by atoms with Gasteiger partial charge in [-0.05, 0) is 14.0 Å². The molecule has 0 aromatic rings. The Balaban J connectivity index is 2.46. The monoisotopic (exact) mass is 159 g/mol. The minimum absolute atomic E-state index is 0.325. The fourth-order valence-electron chi connectivity index (χ4n) is 1.03. The van der Waals surface area contributed by atoms with Crippen LogP contribution in [0, 0.1) is 0 Å². The molecule has 0 unspecified atom stereocenters. The largest absolute Gasteiger partial charge is 0.479 e. The highest BCUT2D eigenvalue weighted by molar-refractivity contribution is 5.72. The number of carboxylic acids is 1. The first-order valence-electron chi connectivity index (χ1n) is 3.66. The lowest BCUT2D eigenvalue weighted by Gasteiger charge is -2.33. The van der Waals surface area contributed by atoms with Crippen LogP contribution in [0.4, 0.5) is 0 Å². The summed E-state index contributed by atoms with van der Waals surface area (Å²) in [6, 6.07) is 0.325. The number of ether oxygens (including phenoxy) is 1. The summed E-state index contributed by atoms with van der Waals surface area (Å²) < 4.78 is 5.08. The molecule has 64 valence electrons. The van der Waals surface area contributed by atoms with Crippen LogP contribution in [0.15, 0.2) is 0 Å². The highest BCUT2D eigenvalue weighted by atomic mass is 16.5. The van der Waals surface area contributed by atoms with Crippen molar-refractivity contribution >= 4 is 5.97 Å². The average molecular weight is 159 g/mol. The first-order chi connectivity index (χ1) is 5.11. The molecule has 1 saturated heterocycles. The van der Waals surface area contributed by atoms with Gasteiger partial charge in [-0.3, -0.25) is 4.90 Å². The fraction of sp³-hybridized carbons (Fsp3) is 0.857. The molecule has 4 heteroatoms. The van der Waals surface area contributed by atoms with Crippen LogP contribution in [0.2, 0.25) is 0 Å². The predicted molar refractivity (Wildman–Crippen MR) is 39.5 cm³/mol. The van der Waals surface area contributed by atoms with Crippen LogP contribution in [0.1, 0.15) is 6.92 Å². The van der Waals surface area contributed by atoms with Crippen LogP contribution in [-0.4, -0.2) is 48.3 Å². The molecule has 4 nitrogen and oxygen atoms in total. The van der Waals surface area contributed by atoms with Gasteiger partial charge < -0.3 is 9.84 Å². The first kappa shape index (κ1) is 8.49. The number of hydrogen-bond acceptors (Lipinski definition) is 3. The maximum Gasteiger partial charge on any atom is 0.334 e. The smallest absolute Gasteiger partial charge is 0.334 e. The van der Waals surface area contributed by atoms with E-state index < -0.39 is 12.1 Å². The van der Waals surface area contributed by atoms with E-state index in [1.54, 1.807) is 0 Å². The standard InChI is InChI=1S/C7H13NO3/c1-5-4-11-6(7(9)10)3-8(5)2/h5-6H,3-4H2,1-2H3,(H,9,10)/t5-,6+/m0/s1. The summed E-state index contributed by atoms with van der Waals surface area (Å²) in [6.07, 6.45) is -0.642. The van der Waals surface area contributed by atoms with Crippen molar-refractivity contribution in [3.8, 4) is 0 Å². The zero-order valence-electron chi connectivity index (χ0n) is 6.78. The number of hydrogen-bond donors (Lipinski definition) is 1. The molecule has 0 spiro atoms. The zero-order chi connectivity index (χ0) is 8.43. The van der Waals surface area contributed by atoms with E-state index in [2.05, 4.69) is 0 Å². The average Bonchev–Trinajstić information content (AvgIpc) is 1.94. The van der Waals surface area contributed by atoms with Gasteiger partial charge in [0.2, 0.25) is 0 Å². The SMILES string of the molecule is C[C@H]1CO[C@@H](C(=O)O)CN1C. The summed E-state index contributed by atoms with van der Waals surface area (Å²) in [6.45, 7) is 3.00. The second-order valence-corrected chi connectivity index (χ2v) is 2.95. The van der Waals surface area contributed by atoms with Gasteiger partial charge in [-0.15, -0.1) is 0 Å². The Morgan fingerprint density at radius 1 is 1.73 bits per heavy atom. The van der Waals surface area contributed by atoms with Crippen molar-refractivity contribution in [3.05, 3.63) is 0 Å². The van der Waals surface area contributed by atoms with Crippen molar-refractivity contribution < 1.29 is 14.6 Å². The maximum absolute atomic E-state index is 10.5. The van der Waals surface area contributed by atoms with Gasteiger partial charge in [0.15, 0.2) is 6.10 Å². The molecule has 1 aliphatic heterocycles. The summed E-state index contributed by atoms with van der Waals surface area (Å²) in [5, 5.41) is 8.59. The van der Waals surface area contributed by atoms with Crippen molar-refractivity contribution in [1.82, 2.24) is 4.90 Å². The van der Waals surface area contributed by atoms with Gasteiger partial charge in [-0.25, -0.2) is 4.79 Å². The lowest BCUT2D eigenvalue weighted by molar-refractivity contribution is -0.157. The van der Waals surface area contributed by atoms with Crippen LogP contribution in [0.5, 0.6) is 0 Å². The lowest BCUT2D eigenvalue weighted by atomic mass is 10.2. The highest BCUT2D eigenvalue weighted by Gasteiger charge is 2.27. The molecule has 0 aromatic carbocycles. The van der Waals surface area contributed by atoms with Gasteiger partial charge in [0, 0.05) is 12.6 Å². The molecule has 1 rings (SSSR count). The fourth-order valence-corrected chi connectivity index (χ4v) is 1.03. The summed E-state index contributed by atoms with van der Waals surface area (Å²) in [4.78, 5) is 12.4. The van der Waals surface area contributed by atoms with E-state index in [1.165, 1.54) is 0 Å². The molecule has 0 bridgehead atoms. The molecule has 1 N–H and O–H groups in total. The predicted octanol–water partition coefficient (Wildman–Crippen LogP) is -0.210. The van der Waals surface area contributed by atoms with E-state index in [-0.39, 0.29) is 0 Å². The highest BCUT2D eigenvalue weighted by Crippen LogP contribution is 2.08. The zero-order valence-corrected chi connectivity index (χ0v) is 6.78. The third-order valence-electron chi connectivity index (χ3n) is 2.02. The van der Waals surface area contributed by atoms with Crippen LogP contribution < -0.4 is 0 Å². The molecule has 0 aliphatic carbocycles. The summed E-state index contributed by atoms with van der Waals surface area (Å²) in [5.41, 5.74) is 0. The topological polar surface area (TPSA) is 49.8 Å². The van der Waals surface area contributed by atoms with Gasteiger partial charge in [-0.1, -0.05) is 0 Å². The third-order valence-corrected chi connectivity index (χ3v) is 2.02. The molecular weight excluding hydrogens is 146 g/mol. The van der Waals surface area contributed by atoms with Gasteiger partial charge in [0.05, 0.1) is 6.61 Å². The van der Waals surface area contributed by atoms with Crippen molar-refractivity contribution in [2.24, 2.45) is 0 Å². The van der Waals surface area contributed by atoms with E-state index >= 15 is 0 Å². The molecular formula is C7H13NO3. The number of morpholine rings is 1. The number of carbonyl (C=O) groups is 1. The Morgan fingerprint density at radius 3 is 2.82 bits per heavy atom. The van der Waals surface area contributed by atoms with Gasteiger partial charge in [0.25, 0.3) is 0 Å². The minimum Gasteiger partial charge on any atom is -0.479 e. The van der Waals surface area contributed by atoms with E-state index in [0.29, 0.717) is 19.2 Å². The molecule has 1 heterocycles. The normalized spacial score (nSPS) is 33.6. The molecule has 0 saturated carbocycles. The summed E-state index contributed by atoms with van der Waals surface area (Å²) >= 11 is 0. The van der Waals surface area contributed by atoms with Crippen LogP contribution in [0.3, 0.4) is 0 Å². The Kier molecular flexibility index (Phi) is 2.46.